The Morgan fingerprint density at radius 1 is 1.31 bits per heavy atom. The Balaban J connectivity index is 1.50. The summed E-state index contributed by atoms with van der Waals surface area (Å²) in [6.45, 7) is 2.58. The van der Waals surface area contributed by atoms with Gasteiger partial charge in [-0.3, -0.25) is 9.78 Å². The highest BCUT2D eigenvalue weighted by molar-refractivity contribution is 6.07. The summed E-state index contributed by atoms with van der Waals surface area (Å²) < 4.78 is 36.9. The zero-order valence-electron chi connectivity index (χ0n) is 19.2. The molecule has 0 aliphatic carbocycles. The van der Waals surface area contributed by atoms with Gasteiger partial charge in [0.1, 0.15) is 12.4 Å². The number of hydrogen-bond donors (Lipinski definition) is 3. The van der Waals surface area contributed by atoms with Crippen LogP contribution in [0.1, 0.15) is 22.5 Å². The molecule has 0 unspecified atom stereocenters. The van der Waals surface area contributed by atoms with Crippen LogP contribution in [-0.2, 0) is 14.9 Å². The van der Waals surface area contributed by atoms with E-state index in [9.17, 15) is 9.18 Å². The number of anilines is 2. The summed E-state index contributed by atoms with van der Waals surface area (Å²) in [5.41, 5.74) is 3.15. The molecule has 9 nitrogen and oxygen atoms in total. The number of carbonyl (C=O) groups is 1. The zero-order chi connectivity index (χ0) is 24.0. The van der Waals surface area contributed by atoms with Crippen LogP contribution in [0.5, 0.6) is 11.5 Å². The molecule has 1 atom stereocenters. The van der Waals surface area contributed by atoms with Gasteiger partial charge in [-0.05, 0) is 18.2 Å². The number of methoxy groups -OCH3 is 1. The van der Waals surface area contributed by atoms with Gasteiger partial charge in [0.05, 0.1) is 60.7 Å². The first-order valence-corrected chi connectivity index (χ1v) is 11.5. The Bertz CT molecular complexity index is 1280. The Kier molecular flexibility index (Phi) is 5.34. The van der Waals surface area contributed by atoms with E-state index >= 15 is 0 Å². The number of amides is 1. The van der Waals surface area contributed by atoms with Crippen molar-refractivity contribution in [3.8, 4) is 22.8 Å². The number of carbonyl (C=O) groups excluding carboxylic acids is 1. The maximum atomic E-state index is 14.5. The molecule has 3 N–H and O–H groups in total. The van der Waals surface area contributed by atoms with Crippen LogP contribution in [0, 0.1) is 5.82 Å². The summed E-state index contributed by atoms with van der Waals surface area (Å²) in [7, 11) is 1.40. The predicted molar refractivity (Wildman–Crippen MR) is 125 cm³/mol. The van der Waals surface area contributed by atoms with Crippen LogP contribution in [0.2, 0.25) is 0 Å². The van der Waals surface area contributed by atoms with Crippen molar-refractivity contribution in [3.63, 3.8) is 0 Å². The third-order valence-electron chi connectivity index (χ3n) is 6.80. The second-order valence-electron chi connectivity index (χ2n) is 8.99. The van der Waals surface area contributed by atoms with Gasteiger partial charge < -0.3 is 34.6 Å². The number of halogens is 1. The maximum Gasteiger partial charge on any atom is 0.255 e. The predicted octanol–water partition coefficient (Wildman–Crippen LogP) is 3.15. The molecule has 2 aromatic heterocycles. The molecule has 3 aliphatic heterocycles. The third kappa shape index (κ3) is 3.60. The molecule has 5 heterocycles. The summed E-state index contributed by atoms with van der Waals surface area (Å²) in [5, 5.41) is 6.26. The molecular weight excluding hydrogens is 455 g/mol. The SMILES string of the molecule is COc1c(F)cccc1Nc1c(-c2ccncc2OC[C@@H]2CCO2)[nH]c2c1C(=O)NCC21COC1. The van der Waals surface area contributed by atoms with E-state index in [0.717, 1.165) is 24.3 Å². The standard InChI is InChI=1S/C25H25FN4O5/c1-32-22-16(26)3-2-4-17(22)29-21-19-23(25(12-33-13-25)11-28-24(19)31)30-20(21)15-5-7-27-9-18(15)35-10-14-6-8-34-14/h2-5,7,9,14,29-30H,6,8,10-13H2,1H3,(H,28,31)/t14-/m0/s1. The second-order valence-corrected chi connectivity index (χ2v) is 8.99. The number of nitrogens with one attached hydrogen (secondary N) is 3. The van der Waals surface area contributed by atoms with Crippen molar-refractivity contribution in [2.24, 2.45) is 0 Å². The van der Waals surface area contributed by atoms with Crippen LogP contribution in [0.25, 0.3) is 11.3 Å². The minimum absolute atomic E-state index is 0.0511. The quantitative estimate of drug-likeness (QED) is 0.477. The van der Waals surface area contributed by atoms with E-state index in [0.29, 0.717) is 54.7 Å². The first kappa shape index (κ1) is 21.9. The number of aromatic nitrogens is 2. The van der Waals surface area contributed by atoms with E-state index in [2.05, 4.69) is 20.6 Å². The monoisotopic (exact) mass is 480 g/mol. The number of aromatic amines is 1. The summed E-state index contributed by atoms with van der Waals surface area (Å²) in [6.07, 6.45) is 4.30. The highest BCUT2D eigenvalue weighted by Crippen LogP contribution is 2.46. The summed E-state index contributed by atoms with van der Waals surface area (Å²) in [6, 6.07) is 6.43. The normalized spacial score (nSPS) is 19.8. The molecule has 3 aromatic rings. The first-order chi connectivity index (χ1) is 17.1. The maximum absolute atomic E-state index is 14.5. The van der Waals surface area contributed by atoms with E-state index in [-0.39, 0.29) is 23.2 Å². The minimum atomic E-state index is -0.509. The van der Waals surface area contributed by atoms with Crippen LogP contribution in [0.4, 0.5) is 15.8 Å². The van der Waals surface area contributed by atoms with Crippen LogP contribution in [0.15, 0.2) is 36.7 Å². The van der Waals surface area contributed by atoms with E-state index < -0.39 is 5.82 Å². The van der Waals surface area contributed by atoms with E-state index in [4.69, 9.17) is 18.9 Å². The zero-order valence-corrected chi connectivity index (χ0v) is 19.2. The van der Waals surface area contributed by atoms with Gasteiger partial charge in [0.15, 0.2) is 11.6 Å². The number of ether oxygens (including phenoxy) is 4. The molecule has 1 aromatic carbocycles. The lowest BCUT2D eigenvalue weighted by Gasteiger charge is -2.43. The number of fused-ring (bicyclic) bond motifs is 2. The number of rotatable bonds is 7. The van der Waals surface area contributed by atoms with Crippen molar-refractivity contribution in [1.82, 2.24) is 15.3 Å². The van der Waals surface area contributed by atoms with Gasteiger partial charge >= 0.3 is 0 Å². The van der Waals surface area contributed by atoms with Gasteiger partial charge in [-0.2, -0.15) is 0 Å². The fourth-order valence-electron chi connectivity index (χ4n) is 4.72. The number of pyridine rings is 1. The van der Waals surface area contributed by atoms with Crippen molar-refractivity contribution in [1.29, 1.82) is 0 Å². The molecule has 10 heteroatoms. The van der Waals surface area contributed by atoms with Gasteiger partial charge in [-0.1, -0.05) is 6.07 Å². The summed E-state index contributed by atoms with van der Waals surface area (Å²) in [4.78, 5) is 20.9. The van der Waals surface area contributed by atoms with Crippen LogP contribution in [-0.4, -0.2) is 62.1 Å². The van der Waals surface area contributed by atoms with Gasteiger partial charge in [0, 0.05) is 37.0 Å². The average molecular weight is 480 g/mol. The van der Waals surface area contributed by atoms with Crippen LogP contribution in [0.3, 0.4) is 0 Å². The third-order valence-corrected chi connectivity index (χ3v) is 6.80. The summed E-state index contributed by atoms with van der Waals surface area (Å²) in [5.74, 6) is -0.127. The van der Waals surface area contributed by atoms with Gasteiger partial charge in [0.25, 0.3) is 5.91 Å². The minimum Gasteiger partial charge on any atom is -0.492 e. The van der Waals surface area contributed by atoms with Crippen molar-refractivity contribution in [3.05, 3.63) is 53.7 Å². The average Bonchev–Trinajstić information content (AvgIpc) is 3.18. The van der Waals surface area contributed by atoms with Gasteiger partial charge in [0.2, 0.25) is 0 Å². The van der Waals surface area contributed by atoms with E-state index in [1.807, 2.05) is 6.07 Å². The number of H-pyrrole nitrogens is 1. The van der Waals surface area contributed by atoms with Crippen molar-refractivity contribution in [2.75, 3.05) is 45.4 Å². The van der Waals surface area contributed by atoms with Crippen molar-refractivity contribution in [2.45, 2.75) is 17.9 Å². The smallest absolute Gasteiger partial charge is 0.255 e. The molecule has 0 radical (unpaired) electrons. The second kappa shape index (κ2) is 8.54. The van der Waals surface area contributed by atoms with Gasteiger partial charge in [-0.25, -0.2) is 4.39 Å². The Morgan fingerprint density at radius 3 is 2.89 bits per heavy atom. The fourth-order valence-corrected chi connectivity index (χ4v) is 4.72. The summed E-state index contributed by atoms with van der Waals surface area (Å²) >= 11 is 0. The molecule has 35 heavy (non-hydrogen) atoms. The van der Waals surface area contributed by atoms with Crippen LogP contribution >= 0.6 is 0 Å². The van der Waals surface area contributed by atoms with E-state index in [1.54, 1.807) is 24.5 Å². The number of hydrogen-bond acceptors (Lipinski definition) is 7. The molecule has 3 aliphatic rings. The molecule has 2 fully saturated rings. The molecule has 2 saturated heterocycles. The lowest BCUT2D eigenvalue weighted by atomic mass is 9.78. The van der Waals surface area contributed by atoms with Gasteiger partial charge in [-0.15, -0.1) is 0 Å². The molecule has 1 spiro atoms. The molecular formula is C25H25FN4O5. The lowest BCUT2D eigenvalue weighted by Crippen LogP contribution is -2.58. The first-order valence-electron chi connectivity index (χ1n) is 11.5. The molecule has 0 saturated carbocycles. The Morgan fingerprint density at radius 2 is 2.17 bits per heavy atom. The largest absolute Gasteiger partial charge is 0.492 e. The van der Waals surface area contributed by atoms with Crippen LogP contribution < -0.4 is 20.1 Å². The molecule has 182 valence electrons. The number of nitrogens with zero attached hydrogens (tertiary/aromatic N) is 1. The Labute approximate surface area is 200 Å². The van der Waals surface area contributed by atoms with Crippen molar-refractivity contribution < 1.29 is 28.1 Å². The molecule has 0 bridgehead atoms. The highest BCUT2D eigenvalue weighted by Gasteiger charge is 2.49. The molecule has 6 rings (SSSR count). The number of para-hydroxylation sites is 1. The fraction of sp³-hybridized carbons (Fsp3) is 0.360. The topological polar surface area (TPSA) is 107 Å². The Hall–Kier alpha value is -3.63. The highest BCUT2D eigenvalue weighted by atomic mass is 19.1. The lowest BCUT2D eigenvalue weighted by molar-refractivity contribution is -0.0720. The van der Waals surface area contributed by atoms with E-state index in [1.165, 1.54) is 13.2 Å². The molecule has 1 amide bonds. The number of benzene rings is 1. The van der Waals surface area contributed by atoms with Crippen molar-refractivity contribution >= 4 is 17.3 Å².